The second kappa shape index (κ2) is 9.40. The Balaban J connectivity index is 7.95. The van der Waals surface area contributed by atoms with Crippen LogP contribution in [-0.4, -0.2) is 73.5 Å². The quantitative estimate of drug-likeness (QED) is 0.172. The number of hydrogen-bond donors (Lipinski definition) is 0. The van der Waals surface area contributed by atoms with Crippen molar-refractivity contribution in [1.29, 1.82) is 0 Å². The van der Waals surface area contributed by atoms with Crippen LogP contribution in [0.5, 0.6) is 0 Å². The molecule has 32 heavy (non-hydrogen) atoms. The van der Waals surface area contributed by atoms with Gasteiger partial charge in [-0.1, -0.05) is 0 Å². The van der Waals surface area contributed by atoms with Gasteiger partial charge >= 0.3 is 177 Å². The summed E-state index contributed by atoms with van der Waals surface area (Å²) in [5, 5.41) is 0. The van der Waals surface area contributed by atoms with E-state index in [9.17, 15) is 65.9 Å². The van der Waals surface area contributed by atoms with E-state index in [1.165, 1.54) is 0 Å². The van der Waals surface area contributed by atoms with Crippen LogP contribution in [0.4, 0.5) is 65.9 Å². The van der Waals surface area contributed by atoms with E-state index in [1.807, 2.05) is 0 Å². The fraction of sp³-hybridized carbons (Fsp3) is 1.00. The molecule has 0 spiro atoms. The van der Waals surface area contributed by atoms with Gasteiger partial charge in [0.15, 0.2) is 0 Å². The van der Waals surface area contributed by atoms with Crippen LogP contribution in [0.15, 0.2) is 0 Å². The molecule has 0 amide bonds. The summed E-state index contributed by atoms with van der Waals surface area (Å²) in [5.41, 5.74) is 0. The van der Waals surface area contributed by atoms with Crippen molar-refractivity contribution in [2.24, 2.45) is 0 Å². The molecule has 0 N–H and O–H groups in total. The molecule has 0 heterocycles. The van der Waals surface area contributed by atoms with Crippen LogP contribution in [0.2, 0.25) is 0 Å². The number of rotatable bonds is 12. The van der Waals surface area contributed by atoms with Gasteiger partial charge in [0, 0.05) is 0 Å². The van der Waals surface area contributed by atoms with Crippen molar-refractivity contribution in [2.45, 2.75) is 82.2 Å². The van der Waals surface area contributed by atoms with Crippen molar-refractivity contribution >= 4 is 18.8 Å². The summed E-state index contributed by atoms with van der Waals surface area (Å²) in [6.07, 6.45) is -13.9. The van der Waals surface area contributed by atoms with E-state index in [4.69, 9.17) is 0 Å². The molecule has 0 aromatic rings. The first-order valence-corrected chi connectivity index (χ1v) is 14.2. The van der Waals surface area contributed by atoms with Crippen LogP contribution in [-0.2, 0) is 3.07 Å². The van der Waals surface area contributed by atoms with Crippen LogP contribution in [0.25, 0.3) is 0 Å². The fourth-order valence-electron chi connectivity index (χ4n) is 2.57. The molecule has 0 aromatic carbocycles. The molecule has 194 valence electrons. The van der Waals surface area contributed by atoms with Gasteiger partial charge in [-0.25, -0.2) is 0 Å². The normalized spacial score (nSPS) is 20.0. The maximum absolute atomic E-state index is 14.8. The van der Waals surface area contributed by atoms with E-state index in [2.05, 4.69) is 3.07 Å². The van der Waals surface area contributed by atoms with Gasteiger partial charge in [-0.05, 0) is 0 Å². The molecule has 0 rings (SSSR count). The third kappa shape index (κ3) is 4.16. The molecule has 0 radical (unpaired) electrons. The summed E-state index contributed by atoms with van der Waals surface area (Å²) >= 11 is -10.7. The Bertz CT molecular complexity index is 553. The SMILES string of the molecule is CCC[O][Sn]([C](F)(F)C(F)(F)C(C)F)([C](F)(F)C(F)(F)C(C)F)[C](F)(F)C(F)(F)C(C)F. The maximum atomic E-state index is 14.8. The zero-order valence-electron chi connectivity index (χ0n) is 16.7. The van der Waals surface area contributed by atoms with Gasteiger partial charge in [0.25, 0.3) is 0 Å². The summed E-state index contributed by atoms with van der Waals surface area (Å²) in [5.74, 6) is -20.1. The summed E-state index contributed by atoms with van der Waals surface area (Å²) in [6, 6.07) is 0. The minimum atomic E-state index is -10.7. The monoisotopic (exact) mass is 620 g/mol. The fourth-order valence-corrected chi connectivity index (χ4v) is 14.7. The van der Waals surface area contributed by atoms with E-state index in [0.717, 1.165) is 6.92 Å². The molecule has 0 aromatic heterocycles. The molecule has 0 aliphatic rings. The molecule has 0 aliphatic carbocycles. The van der Waals surface area contributed by atoms with Gasteiger partial charge in [-0.2, -0.15) is 0 Å². The van der Waals surface area contributed by atoms with E-state index < -0.39 is 101 Å². The molecule has 3 unspecified atom stereocenters. The van der Waals surface area contributed by atoms with Gasteiger partial charge in [-0.15, -0.1) is 0 Å². The Kier molecular flexibility index (Phi) is 9.31. The Hall–Kier alpha value is -0.291. The van der Waals surface area contributed by atoms with Gasteiger partial charge in [0.1, 0.15) is 0 Å². The molecule has 0 saturated heterocycles. The molecule has 0 saturated carbocycles. The molecule has 0 fully saturated rings. The predicted octanol–water partition coefficient (Wildman–Crippen LogP) is 6.86. The third-order valence-electron chi connectivity index (χ3n) is 4.60. The number of hydrogen-bond acceptors (Lipinski definition) is 1. The Morgan fingerprint density at radius 1 is 0.562 bits per heavy atom. The van der Waals surface area contributed by atoms with Gasteiger partial charge in [0.05, 0.1) is 0 Å². The van der Waals surface area contributed by atoms with E-state index in [1.54, 1.807) is 0 Å². The van der Waals surface area contributed by atoms with E-state index in [0.29, 0.717) is 0 Å². The van der Waals surface area contributed by atoms with Crippen molar-refractivity contribution in [1.82, 2.24) is 0 Å². The van der Waals surface area contributed by atoms with Gasteiger partial charge in [-0.3, -0.25) is 0 Å². The first kappa shape index (κ1) is 31.7. The van der Waals surface area contributed by atoms with Crippen LogP contribution < -0.4 is 0 Å². The van der Waals surface area contributed by atoms with Crippen LogP contribution in [0, 0.1) is 0 Å². The molecule has 17 heteroatoms. The third-order valence-corrected chi connectivity index (χ3v) is 16.8. The Morgan fingerprint density at radius 3 is 0.938 bits per heavy atom. The van der Waals surface area contributed by atoms with Gasteiger partial charge in [0.2, 0.25) is 0 Å². The molecule has 3 atom stereocenters. The van der Waals surface area contributed by atoms with Crippen molar-refractivity contribution in [3.05, 3.63) is 0 Å². The summed E-state index contributed by atoms with van der Waals surface area (Å²) in [4.78, 5) is 0. The zero-order chi connectivity index (χ0) is 26.4. The minimum absolute atomic E-state index is 0.480. The summed E-state index contributed by atoms with van der Waals surface area (Å²) in [7, 11) is 0. The molecular weight excluding hydrogens is 600 g/mol. The van der Waals surface area contributed by atoms with Crippen LogP contribution in [0.3, 0.4) is 0 Å². The molecule has 0 bridgehead atoms. The van der Waals surface area contributed by atoms with Crippen molar-refractivity contribution in [3.63, 3.8) is 0 Å². The van der Waals surface area contributed by atoms with Crippen molar-refractivity contribution < 1.29 is 68.9 Å². The van der Waals surface area contributed by atoms with E-state index >= 15 is 0 Å². The summed E-state index contributed by atoms with van der Waals surface area (Å²) in [6.45, 7) is -2.58. The van der Waals surface area contributed by atoms with Crippen LogP contribution >= 0.6 is 0 Å². The topological polar surface area (TPSA) is 9.23 Å². The second-order valence-corrected chi connectivity index (χ2v) is 17.1. The molecule has 1 nitrogen and oxygen atoms in total. The standard InChI is InChI=1S/3C4H4F5.C3H7O.Sn/c3*1-2(5)4(8,9)3(6)7;1-2-3-4;/h3*2H,1H3;2-3H2,1H3;/q;;;-1;+1. The number of halogens is 15. The average Bonchev–Trinajstić information content (AvgIpc) is 2.60. The first-order valence-electron chi connectivity index (χ1n) is 8.72. The summed E-state index contributed by atoms with van der Waals surface area (Å²) < 4.78 is 194. The van der Waals surface area contributed by atoms with Crippen molar-refractivity contribution in [2.75, 3.05) is 6.61 Å². The predicted molar refractivity (Wildman–Crippen MR) is 83.4 cm³/mol. The Labute approximate surface area is 177 Å². The van der Waals surface area contributed by atoms with Gasteiger partial charge < -0.3 is 0 Å². The second-order valence-electron chi connectivity index (χ2n) is 6.97. The van der Waals surface area contributed by atoms with Crippen molar-refractivity contribution in [3.8, 4) is 0 Å². The van der Waals surface area contributed by atoms with Crippen LogP contribution in [0.1, 0.15) is 34.1 Å². The zero-order valence-corrected chi connectivity index (χ0v) is 19.6. The molecule has 0 aliphatic heterocycles. The first-order chi connectivity index (χ1) is 13.9. The van der Waals surface area contributed by atoms with E-state index in [-0.39, 0.29) is 0 Å². The number of alkyl halides is 15. The average molecular weight is 619 g/mol. The molecular formula is C15H19F15OSn. The Morgan fingerprint density at radius 2 is 0.781 bits per heavy atom.